The van der Waals surface area contributed by atoms with E-state index in [1.807, 2.05) is 68.5 Å². The van der Waals surface area contributed by atoms with Gasteiger partial charge in [-0.05, 0) is 54.7 Å². The average Bonchev–Trinajstić information content (AvgIpc) is 2.87. The lowest BCUT2D eigenvalue weighted by Crippen LogP contribution is -2.29. The number of benzene rings is 2. The Morgan fingerprint density at radius 1 is 1.14 bits per heavy atom. The van der Waals surface area contributed by atoms with E-state index in [-0.39, 0.29) is 18.7 Å². The number of aliphatic hydroxyl groups is 1. The van der Waals surface area contributed by atoms with Gasteiger partial charge in [-0.1, -0.05) is 60.7 Å². The van der Waals surface area contributed by atoms with E-state index < -0.39 is 5.60 Å². The number of para-hydroxylation sites is 1. The molecule has 3 rings (SSSR count). The Kier molecular flexibility index (Phi) is 6.11. The van der Waals surface area contributed by atoms with Crippen molar-refractivity contribution >= 4 is 17.2 Å². The van der Waals surface area contributed by atoms with E-state index in [1.165, 1.54) is 0 Å². The van der Waals surface area contributed by atoms with E-state index in [0.717, 1.165) is 22.3 Å². The van der Waals surface area contributed by atoms with Crippen LogP contribution in [-0.4, -0.2) is 16.6 Å². The second-order valence-electron chi connectivity index (χ2n) is 7.26. The fourth-order valence-electron chi connectivity index (χ4n) is 3.37. The number of carbonyl (C=O) groups is 1. The maximum absolute atomic E-state index is 12.5. The molecule has 0 spiro atoms. The Labute approximate surface area is 171 Å². The lowest BCUT2D eigenvalue weighted by molar-refractivity contribution is -0.117. The highest BCUT2D eigenvalue weighted by Gasteiger charge is 2.28. The van der Waals surface area contributed by atoms with Crippen molar-refractivity contribution < 1.29 is 9.90 Å². The van der Waals surface area contributed by atoms with Gasteiger partial charge in [0.15, 0.2) is 0 Å². The molecule has 0 radical (unpaired) electrons. The zero-order valence-electron chi connectivity index (χ0n) is 16.6. The molecule has 1 aliphatic carbocycles. The number of carbonyl (C=O) groups excluding carboxylic acids is 1. The van der Waals surface area contributed by atoms with E-state index in [4.69, 9.17) is 0 Å². The Balaban J connectivity index is 1.71. The first-order valence-electron chi connectivity index (χ1n) is 9.58. The molecule has 0 bridgehead atoms. The van der Waals surface area contributed by atoms with Crippen LogP contribution in [0.25, 0.3) is 5.57 Å². The lowest BCUT2D eigenvalue weighted by atomic mass is 9.88. The van der Waals surface area contributed by atoms with Crippen molar-refractivity contribution in [1.29, 1.82) is 5.26 Å². The van der Waals surface area contributed by atoms with E-state index in [2.05, 4.69) is 11.4 Å². The third kappa shape index (κ3) is 4.71. The number of rotatable bonds is 5. The van der Waals surface area contributed by atoms with Crippen LogP contribution >= 0.6 is 0 Å². The minimum atomic E-state index is -1.20. The van der Waals surface area contributed by atoms with Crippen molar-refractivity contribution in [2.24, 2.45) is 0 Å². The molecule has 0 heterocycles. The molecule has 1 aliphatic rings. The minimum Gasteiger partial charge on any atom is -0.381 e. The Morgan fingerprint density at radius 2 is 1.90 bits per heavy atom. The summed E-state index contributed by atoms with van der Waals surface area (Å²) in [5.74, 6) is -0.231. The van der Waals surface area contributed by atoms with Crippen LogP contribution in [0.15, 0.2) is 78.4 Å². The summed E-state index contributed by atoms with van der Waals surface area (Å²) in [6.07, 6.45) is 7.87. The van der Waals surface area contributed by atoms with Gasteiger partial charge in [0.2, 0.25) is 5.91 Å². The van der Waals surface area contributed by atoms with Gasteiger partial charge in [0.25, 0.3) is 0 Å². The number of amides is 1. The fourth-order valence-corrected chi connectivity index (χ4v) is 3.37. The van der Waals surface area contributed by atoms with Crippen molar-refractivity contribution in [3.05, 3.63) is 95.1 Å². The molecule has 2 aromatic rings. The topological polar surface area (TPSA) is 73.1 Å². The number of nitriles is 1. The highest BCUT2D eigenvalue weighted by molar-refractivity contribution is 5.93. The molecule has 0 saturated heterocycles. The Bertz CT molecular complexity index is 1040. The van der Waals surface area contributed by atoms with Gasteiger partial charge in [0, 0.05) is 6.42 Å². The van der Waals surface area contributed by atoms with Crippen molar-refractivity contribution in [2.75, 3.05) is 5.32 Å². The summed E-state index contributed by atoms with van der Waals surface area (Å²) < 4.78 is 0. The van der Waals surface area contributed by atoms with Crippen molar-refractivity contribution in [2.45, 2.75) is 32.3 Å². The average molecular weight is 384 g/mol. The lowest BCUT2D eigenvalue weighted by Gasteiger charge is -2.25. The van der Waals surface area contributed by atoms with Crippen LogP contribution in [0.4, 0.5) is 5.69 Å². The van der Waals surface area contributed by atoms with Crippen LogP contribution in [0.5, 0.6) is 0 Å². The number of aryl methyl sites for hydroxylation is 1. The maximum Gasteiger partial charge on any atom is 0.224 e. The largest absolute Gasteiger partial charge is 0.381 e. The molecule has 0 aliphatic heterocycles. The van der Waals surface area contributed by atoms with Gasteiger partial charge in [0.05, 0.1) is 11.3 Å². The van der Waals surface area contributed by atoms with Crippen LogP contribution < -0.4 is 5.32 Å². The van der Waals surface area contributed by atoms with E-state index >= 15 is 0 Å². The van der Waals surface area contributed by atoms with E-state index in [1.54, 1.807) is 18.2 Å². The number of anilines is 1. The predicted octanol–water partition coefficient (Wildman–Crippen LogP) is 4.92. The molecule has 1 amide bonds. The first-order chi connectivity index (χ1) is 13.9. The summed E-state index contributed by atoms with van der Waals surface area (Å²) in [5, 5.41) is 23.2. The summed E-state index contributed by atoms with van der Waals surface area (Å²) in [6.45, 7) is 3.72. The van der Waals surface area contributed by atoms with Gasteiger partial charge >= 0.3 is 0 Å². The molecule has 0 fully saturated rings. The van der Waals surface area contributed by atoms with Crippen LogP contribution in [0.1, 0.15) is 36.5 Å². The van der Waals surface area contributed by atoms with Crippen LogP contribution in [0.2, 0.25) is 0 Å². The number of nitrogens with one attached hydrogen (secondary N) is 1. The minimum absolute atomic E-state index is 0.131. The predicted molar refractivity (Wildman–Crippen MR) is 116 cm³/mol. The maximum atomic E-state index is 12.5. The summed E-state index contributed by atoms with van der Waals surface area (Å²) >= 11 is 0. The number of nitrogens with zero attached hydrogens (tertiary/aromatic N) is 1. The van der Waals surface area contributed by atoms with Crippen LogP contribution in [-0.2, 0) is 4.79 Å². The SMILES string of the molecule is CC1=CC(c2ccccc2)=CC=CC1(O)CCC(=O)Nc1c(C)cccc1C#N. The normalized spacial score (nSPS) is 18.3. The van der Waals surface area contributed by atoms with Crippen LogP contribution in [0.3, 0.4) is 0 Å². The molecule has 29 heavy (non-hydrogen) atoms. The molecule has 0 aromatic heterocycles. The third-order valence-corrected chi connectivity index (χ3v) is 5.20. The molecule has 2 N–H and O–H groups in total. The van der Waals surface area contributed by atoms with Crippen LogP contribution in [0, 0.1) is 18.3 Å². The summed E-state index contributed by atoms with van der Waals surface area (Å²) in [6, 6.07) is 17.4. The molecule has 4 nitrogen and oxygen atoms in total. The van der Waals surface area contributed by atoms with Gasteiger partial charge in [-0.15, -0.1) is 0 Å². The molecular weight excluding hydrogens is 360 g/mol. The third-order valence-electron chi connectivity index (χ3n) is 5.20. The second kappa shape index (κ2) is 8.72. The zero-order chi connectivity index (χ0) is 20.9. The Morgan fingerprint density at radius 3 is 2.62 bits per heavy atom. The van der Waals surface area contributed by atoms with Gasteiger partial charge in [-0.25, -0.2) is 0 Å². The molecule has 146 valence electrons. The van der Waals surface area contributed by atoms with Crippen molar-refractivity contribution in [3.63, 3.8) is 0 Å². The zero-order valence-corrected chi connectivity index (χ0v) is 16.6. The number of hydrogen-bond acceptors (Lipinski definition) is 3. The summed E-state index contributed by atoms with van der Waals surface area (Å²) in [4.78, 5) is 12.5. The van der Waals surface area contributed by atoms with Crippen molar-refractivity contribution in [1.82, 2.24) is 0 Å². The molecule has 1 atom stereocenters. The molecular formula is C25H24N2O2. The highest BCUT2D eigenvalue weighted by Crippen LogP contribution is 2.31. The summed E-state index contributed by atoms with van der Waals surface area (Å²) in [7, 11) is 0. The summed E-state index contributed by atoms with van der Waals surface area (Å²) in [5.41, 5.74) is 3.46. The monoisotopic (exact) mass is 384 g/mol. The number of hydrogen-bond donors (Lipinski definition) is 2. The van der Waals surface area contributed by atoms with E-state index in [0.29, 0.717) is 11.3 Å². The highest BCUT2D eigenvalue weighted by atomic mass is 16.3. The Hall–Kier alpha value is -3.42. The molecule has 4 heteroatoms. The molecule has 0 saturated carbocycles. The van der Waals surface area contributed by atoms with Gasteiger partial charge in [0.1, 0.15) is 11.7 Å². The standard InChI is InChI=1S/C25H24N2O2/c1-18-8-6-11-22(17-26)24(18)27-23(28)13-15-25(29)14-7-12-21(16-19(25)2)20-9-4-3-5-10-20/h3-12,14,16,29H,13,15H2,1-2H3,(H,27,28). The first kappa shape index (κ1) is 20.3. The van der Waals surface area contributed by atoms with Gasteiger partial charge in [-0.3, -0.25) is 4.79 Å². The second-order valence-corrected chi connectivity index (χ2v) is 7.26. The van der Waals surface area contributed by atoms with E-state index in [9.17, 15) is 15.2 Å². The first-order valence-corrected chi connectivity index (χ1v) is 9.58. The van der Waals surface area contributed by atoms with Gasteiger partial charge in [-0.2, -0.15) is 5.26 Å². The van der Waals surface area contributed by atoms with Crippen molar-refractivity contribution in [3.8, 4) is 6.07 Å². The quantitative estimate of drug-likeness (QED) is 0.769. The number of allylic oxidation sites excluding steroid dienone is 4. The molecule has 2 aromatic carbocycles. The fraction of sp³-hybridized carbons (Fsp3) is 0.200. The van der Waals surface area contributed by atoms with Gasteiger partial charge < -0.3 is 10.4 Å². The molecule has 1 unspecified atom stereocenters. The smallest absolute Gasteiger partial charge is 0.224 e.